The zero-order chi connectivity index (χ0) is 33.8. The Morgan fingerprint density at radius 2 is 0.708 bits per heavy atom. The van der Waals surface area contributed by atoms with Gasteiger partial charge in [-0.05, 0) is 96.8 Å². The molecule has 0 saturated heterocycles. The molecule has 0 aliphatic carbocycles. The molecule has 0 aliphatic rings. The smallest absolute Gasteiger partial charge is 0.343 e. The van der Waals surface area contributed by atoms with E-state index in [0.717, 1.165) is 35.5 Å². The molecule has 0 unspecified atom stereocenters. The van der Waals surface area contributed by atoms with Gasteiger partial charge in [0.25, 0.3) is 0 Å². The lowest BCUT2D eigenvalue weighted by atomic mass is 10.1. The summed E-state index contributed by atoms with van der Waals surface area (Å²) in [6, 6.07) is 28.7. The Hall–Kier alpha value is -4.58. The van der Waals surface area contributed by atoms with E-state index in [9.17, 15) is 9.59 Å². The molecule has 4 aromatic carbocycles. The Balaban J connectivity index is 1.19. The summed E-state index contributed by atoms with van der Waals surface area (Å²) in [5.41, 5.74) is 2.81. The predicted molar refractivity (Wildman–Crippen MR) is 192 cm³/mol. The predicted octanol–water partition coefficient (Wildman–Crippen LogP) is 11.3. The Labute approximate surface area is 286 Å². The quantitative estimate of drug-likeness (QED) is 0.0508. The van der Waals surface area contributed by atoms with Crippen molar-refractivity contribution in [1.82, 2.24) is 0 Å². The summed E-state index contributed by atoms with van der Waals surface area (Å²) in [6.07, 6.45) is 14.6. The van der Waals surface area contributed by atoms with Crippen molar-refractivity contribution in [3.05, 3.63) is 108 Å². The highest BCUT2D eigenvalue weighted by atomic mass is 16.5. The summed E-state index contributed by atoms with van der Waals surface area (Å²) >= 11 is 0. The number of unbranched alkanes of at least 4 members (excludes halogenated alkanes) is 10. The second-order valence-electron chi connectivity index (χ2n) is 12.1. The summed E-state index contributed by atoms with van der Waals surface area (Å²) in [7, 11) is 0. The first-order valence-corrected chi connectivity index (χ1v) is 17.7. The van der Waals surface area contributed by atoms with Crippen molar-refractivity contribution in [2.45, 2.75) is 90.9 Å². The van der Waals surface area contributed by atoms with Crippen molar-refractivity contribution < 1.29 is 28.5 Å². The van der Waals surface area contributed by atoms with Gasteiger partial charge in [0.05, 0.1) is 24.3 Å². The van der Waals surface area contributed by atoms with Crippen LogP contribution < -0.4 is 18.9 Å². The molecule has 48 heavy (non-hydrogen) atoms. The number of carbonyl (C=O) groups excluding carboxylic acids is 2. The molecule has 0 spiro atoms. The van der Waals surface area contributed by atoms with E-state index in [-0.39, 0.29) is 0 Å². The van der Waals surface area contributed by atoms with E-state index in [1.807, 2.05) is 24.3 Å². The number of ether oxygens (including phenoxy) is 4. The second kappa shape index (κ2) is 20.6. The molecule has 0 atom stereocenters. The second-order valence-corrected chi connectivity index (χ2v) is 12.1. The lowest BCUT2D eigenvalue weighted by molar-refractivity contribution is 0.0725. The van der Waals surface area contributed by atoms with Crippen LogP contribution in [-0.4, -0.2) is 25.2 Å². The molecule has 254 valence electrons. The van der Waals surface area contributed by atoms with E-state index in [4.69, 9.17) is 18.9 Å². The molecule has 0 aromatic heterocycles. The monoisotopic (exact) mass is 650 g/mol. The third-order valence-electron chi connectivity index (χ3n) is 8.18. The Morgan fingerprint density at radius 3 is 1.06 bits per heavy atom. The summed E-state index contributed by atoms with van der Waals surface area (Å²) < 4.78 is 22.8. The lowest BCUT2D eigenvalue weighted by Gasteiger charge is -2.09. The zero-order valence-electron chi connectivity index (χ0n) is 28.6. The van der Waals surface area contributed by atoms with Gasteiger partial charge in [0, 0.05) is 0 Å². The highest BCUT2D eigenvalue weighted by Gasteiger charge is 2.11. The number of hydrogen-bond donors (Lipinski definition) is 0. The van der Waals surface area contributed by atoms with Crippen LogP contribution in [0.1, 0.15) is 112 Å². The van der Waals surface area contributed by atoms with Gasteiger partial charge in [-0.3, -0.25) is 0 Å². The van der Waals surface area contributed by atoms with E-state index >= 15 is 0 Å². The molecule has 0 saturated carbocycles. The van der Waals surface area contributed by atoms with Gasteiger partial charge in [-0.15, -0.1) is 0 Å². The number of carbonyl (C=O) groups is 2. The molecular weight excluding hydrogens is 600 g/mol. The highest BCUT2D eigenvalue weighted by molar-refractivity contribution is 5.92. The van der Waals surface area contributed by atoms with Crippen LogP contribution in [0.3, 0.4) is 0 Å². The number of esters is 2. The van der Waals surface area contributed by atoms with Crippen molar-refractivity contribution in [2.75, 3.05) is 13.2 Å². The van der Waals surface area contributed by atoms with Crippen molar-refractivity contribution >= 4 is 11.9 Å². The van der Waals surface area contributed by atoms with Crippen LogP contribution in [0.2, 0.25) is 0 Å². The number of benzene rings is 4. The van der Waals surface area contributed by atoms with Crippen LogP contribution in [0.15, 0.2) is 97.1 Å². The molecule has 0 amide bonds. The van der Waals surface area contributed by atoms with Gasteiger partial charge in [0.15, 0.2) is 0 Å². The van der Waals surface area contributed by atoms with Crippen LogP contribution in [0, 0.1) is 0 Å². The minimum absolute atomic E-state index is 0.424. The first-order valence-electron chi connectivity index (χ1n) is 17.7. The third-order valence-corrected chi connectivity index (χ3v) is 8.18. The molecule has 6 nitrogen and oxygen atoms in total. The molecule has 0 bridgehead atoms. The molecule has 0 fully saturated rings. The minimum atomic E-state index is -0.424. The van der Waals surface area contributed by atoms with Crippen LogP contribution in [0.4, 0.5) is 0 Å². The fraction of sp³-hybridized carbons (Fsp3) is 0.381. The minimum Gasteiger partial charge on any atom is -0.494 e. The molecule has 0 N–H and O–H groups in total. The Morgan fingerprint density at radius 1 is 0.396 bits per heavy atom. The van der Waals surface area contributed by atoms with Gasteiger partial charge in [-0.2, -0.15) is 0 Å². The van der Waals surface area contributed by atoms with Gasteiger partial charge < -0.3 is 18.9 Å². The van der Waals surface area contributed by atoms with Gasteiger partial charge >= 0.3 is 11.9 Å². The van der Waals surface area contributed by atoms with Crippen molar-refractivity contribution in [3.8, 4) is 34.1 Å². The van der Waals surface area contributed by atoms with E-state index < -0.39 is 11.9 Å². The highest BCUT2D eigenvalue weighted by Crippen LogP contribution is 2.26. The first-order chi connectivity index (χ1) is 23.6. The van der Waals surface area contributed by atoms with Crippen LogP contribution in [0.5, 0.6) is 23.0 Å². The van der Waals surface area contributed by atoms with Crippen LogP contribution in [0.25, 0.3) is 11.1 Å². The Kier molecular flexibility index (Phi) is 15.6. The maximum Gasteiger partial charge on any atom is 0.343 e. The van der Waals surface area contributed by atoms with Crippen LogP contribution in [-0.2, 0) is 0 Å². The molecule has 4 rings (SSSR count). The van der Waals surface area contributed by atoms with Gasteiger partial charge in [0.2, 0.25) is 0 Å². The molecule has 4 aromatic rings. The molecule has 0 radical (unpaired) electrons. The summed E-state index contributed by atoms with van der Waals surface area (Å²) in [6.45, 7) is 5.80. The standard InChI is InChI=1S/C42H50O6/c1-3-5-7-9-11-13-31-45-37-23-19-35(20-24-37)41(43)47-39-27-15-33(16-28-39)34-17-29-40(30-18-34)48-42(44)36-21-25-38(26-22-36)46-32-14-12-10-8-6-4-2/h15-30H,3-14,31-32H2,1-2H3. The first kappa shape index (κ1) is 36.3. The normalized spacial score (nSPS) is 10.8. The average Bonchev–Trinajstić information content (AvgIpc) is 3.12. The van der Waals surface area contributed by atoms with Crippen molar-refractivity contribution in [2.24, 2.45) is 0 Å². The molecule has 0 heterocycles. The lowest BCUT2D eigenvalue weighted by Crippen LogP contribution is -2.08. The molecule has 0 aliphatic heterocycles. The van der Waals surface area contributed by atoms with E-state index in [2.05, 4.69) is 13.8 Å². The van der Waals surface area contributed by atoms with Gasteiger partial charge in [-0.1, -0.05) is 102 Å². The summed E-state index contributed by atoms with van der Waals surface area (Å²) in [5.74, 6) is 1.57. The largest absolute Gasteiger partial charge is 0.494 e. The van der Waals surface area contributed by atoms with Gasteiger partial charge in [0.1, 0.15) is 23.0 Å². The van der Waals surface area contributed by atoms with Crippen molar-refractivity contribution in [3.63, 3.8) is 0 Å². The number of rotatable bonds is 21. The van der Waals surface area contributed by atoms with E-state index in [1.165, 1.54) is 64.2 Å². The zero-order valence-corrected chi connectivity index (χ0v) is 28.6. The van der Waals surface area contributed by atoms with E-state index in [1.54, 1.807) is 72.8 Å². The number of hydrogen-bond acceptors (Lipinski definition) is 6. The average molecular weight is 651 g/mol. The van der Waals surface area contributed by atoms with Gasteiger partial charge in [-0.25, -0.2) is 9.59 Å². The Bertz CT molecular complexity index is 1380. The van der Waals surface area contributed by atoms with Crippen molar-refractivity contribution in [1.29, 1.82) is 0 Å². The maximum absolute atomic E-state index is 12.7. The van der Waals surface area contributed by atoms with Crippen LogP contribution >= 0.6 is 0 Å². The van der Waals surface area contributed by atoms with E-state index in [0.29, 0.717) is 35.8 Å². The fourth-order valence-corrected chi connectivity index (χ4v) is 5.28. The maximum atomic E-state index is 12.7. The summed E-state index contributed by atoms with van der Waals surface area (Å²) in [5, 5.41) is 0. The SMILES string of the molecule is CCCCCCCCOc1ccc(C(=O)Oc2ccc(-c3ccc(OC(=O)c4ccc(OCCCCCCCC)cc4)cc3)cc2)cc1. The third kappa shape index (κ3) is 12.6. The fourth-order valence-electron chi connectivity index (χ4n) is 5.28. The summed E-state index contributed by atoms with van der Waals surface area (Å²) in [4.78, 5) is 25.4. The molecular formula is C42H50O6. The molecule has 6 heteroatoms. The topological polar surface area (TPSA) is 71.1 Å².